The van der Waals surface area contributed by atoms with Gasteiger partial charge in [0.2, 0.25) is 0 Å². The molecule has 0 fully saturated rings. The first-order valence-corrected chi connectivity index (χ1v) is 6.03. The van der Waals surface area contributed by atoms with Crippen molar-refractivity contribution in [3.63, 3.8) is 0 Å². The summed E-state index contributed by atoms with van der Waals surface area (Å²) >= 11 is 0. The number of rotatable bonds is 5. The normalized spacial score (nSPS) is 11.3. The smallest absolute Gasteiger partial charge is 0.121 e. The Morgan fingerprint density at radius 2 is 2.24 bits per heavy atom. The van der Waals surface area contributed by atoms with Crippen LogP contribution in [-0.2, 0) is 0 Å². The summed E-state index contributed by atoms with van der Waals surface area (Å²) in [4.78, 5) is 7.83. The van der Waals surface area contributed by atoms with Crippen LogP contribution in [-0.4, -0.2) is 23.1 Å². The maximum atomic E-state index is 5.60. The number of fused-ring (bicyclic) bond motifs is 1. The van der Waals surface area contributed by atoms with Crippen LogP contribution in [0.3, 0.4) is 0 Å². The molecule has 0 saturated heterocycles. The van der Waals surface area contributed by atoms with E-state index in [9.17, 15) is 0 Å². The fraction of sp³-hybridized carbons (Fsp3) is 0.462. The van der Waals surface area contributed by atoms with Gasteiger partial charge in [0.1, 0.15) is 11.6 Å². The van der Waals surface area contributed by atoms with Gasteiger partial charge in [0.05, 0.1) is 17.6 Å². The van der Waals surface area contributed by atoms with E-state index < -0.39 is 0 Å². The highest BCUT2D eigenvalue weighted by atomic mass is 16.5. The summed E-state index contributed by atoms with van der Waals surface area (Å²) in [6.07, 6.45) is 0.873. The Labute approximate surface area is 101 Å². The number of nitrogens with one attached hydrogen (secondary N) is 1. The molecular weight excluding hydrogens is 214 g/mol. The molecule has 0 spiro atoms. The van der Waals surface area contributed by atoms with Crippen LogP contribution in [0.4, 0.5) is 0 Å². The van der Waals surface area contributed by atoms with Crippen molar-refractivity contribution in [3.8, 4) is 5.75 Å². The molecule has 4 heteroatoms. The third-order valence-electron chi connectivity index (χ3n) is 2.64. The number of H-pyrrole nitrogens is 1. The van der Waals surface area contributed by atoms with E-state index >= 15 is 0 Å². The van der Waals surface area contributed by atoms with E-state index in [1.54, 1.807) is 0 Å². The zero-order valence-electron chi connectivity index (χ0n) is 10.4. The van der Waals surface area contributed by atoms with E-state index in [2.05, 4.69) is 23.8 Å². The molecule has 1 aromatic heterocycles. The Bertz CT molecular complexity index is 490. The lowest BCUT2D eigenvalue weighted by Gasteiger charge is -2.04. The molecule has 0 bridgehead atoms. The summed E-state index contributed by atoms with van der Waals surface area (Å²) in [6.45, 7) is 5.56. The summed E-state index contributed by atoms with van der Waals surface area (Å²) < 4.78 is 5.60. The molecule has 0 unspecified atom stereocenters. The highest BCUT2D eigenvalue weighted by Gasteiger charge is 2.06. The van der Waals surface area contributed by atoms with Crippen LogP contribution >= 0.6 is 0 Å². The van der Waals surface area contributed by atoms with Gasteiger partial charge in [-0.05, 0) is 25.1 Å². The quantitative estimate of drug-likeness (QED) is 0.779. The minimum absolute atomic E-state index is 0.406. The van der Waals surface area contributed by atoms with Gasteiger partial charge in [-0.3, -0.25) is 0 Å². The van der Waals surface area contributed by atoms with Crippen LogP contribution in [0, 0.1) is 0 Å². The largest absolute Gasteiger partial charge is 0.493 e. The molecule has 1 aromatic carbocycles. The number of nitrogens with zero attached hydrogens (tertiary/aromatic N) is 1. The molecule has 0 amide bonds. The van der Waals surface area contributed by atoms with Crippen molar-refractivity contribution in [2.24, 2.45) is 5.73 Å². The summed E-state index contributed by atoms with van der Waals surface area (Å²) in [6, 6.07) is 5.92. The van der Waals surface area contributed by atoms with Gasteiger partial charge in [0.25, 0.3) is 0 Å². The Balaban J connectivity index is 2.18. The lowest BCUT2D eigenvalue weighted by Crippen LogP contribution is -2.05. The van der Waals surface area contributed by atoms with E-state index in [1.807, 2.05) is 18.2 Å². The molecule has 2 aromatic rings. The Morgan fingerprint density at radius 1 is 1.41 bits per heavy atom. The monoisotopic (exact) mass is 233 g/mol. The van der Waals surface area contributed by atoms with Gasteiger partial charge in [0.15, 0.2) is 0 Å². The lowest BCUT2D eigenvalue weighted by atomic mass is 10.2. The first kappa shape index (κ1) is 11.9. The average Bonchev–Trinajstić information content (AvgIpc) is 2.72. The van der Waals surface area contributed by atoms with Gasteiger partial charge < -0.3 is 15.5 Å². The predicted octanol–water partition coefficient (Wildman–Crippen LogP) is 2.41. The van der Waals surface area contributed by atoms with Crippen LogP contribution in [0.25, 0.3) is 11.0 Å². The van der Waals surface area contributed by atoms with Crippen LogP contribution in [0.2, 0.25) is 0 Å². The number of aromatic nitrogens is 2. The minimum Gasteiger partial charge on any atom is -0.493 e. The third-order valence-corrected chi connectivity index (χ3v) is 2.64. The molecule has 0 atom stereocenters. The first-order chi connectivity index (χ1) is 8.20. The highest BCUT2D eigenvalue weighted by molar-refractivity contribution is 5.76. The molecule has 17 heavy (non-hydrogen) atoms. The second-order valence-corrected chi connectivity index (χ2v) is 4.45. The third kappa shape index (κ3) is 2.77. The van der Waals surface area contributed by atoms with Gasteiger partial charge in [-0.25, -0.2) is 4.98 Å². The van der Waals surface area contributed by atoms with Crippen molar-refractivity contribution < 1.29 is 4.74 Å². The van der Waals surface area contributed by atoms with Crippen molar-refractivity contribution in [1.82, 2.24) is 9.97 Å². The molecule has 0 saturated carbocycles. The van der Waals surface area contributed by atoms with Gasteiger partial charge in [-0.15, -0.1) is 0 Å². The fourth-order valence-corrected chi connectivity index (χ4v) is 1.65. The average molecular weight is 233 g/mol. The maximum Gasteiger partial charge on any atom is 0.121 e. The molecule has 1 heterocycles. The van der Waals surface area contributed by atoms with Gasteiger partial charge >= 0.3 is 0 Å². The Morgan fingerprint density at radius 3 is 2.94 bits per heavy atom. The molecule has 2 rings (SSSR count). The van der Waals surface area contributed by atoms with Crippen LogP contribution in [0.1, 0.15) is 32.0 Å². The zero-order valence-corrected chi connectivity index (χ0v) is 10.4. The number of ether oxygens (including phenoxy) is 1. The maximum absolute atomic E-state index is 5.60. The Kier molecular flexibility index (Phi) is 3.64. The number of hydrogen-bond donors (Lipinski definition) is 2. The molecule has 0 aliphatic carbocycles. The van der Waals surface area contributed by atoms with E-state index in [-0.39, 0.29) is 0 Å². The molecule has 0 aliphatic rings. The van der Waals surface area contributed by atoms with Crippen LogP contribution < -0.4 is 10.5 Å². The topological polar surface area (TPSA) is 63.9 Å². The van der Waals surface area contributed by atoms with Crippen LogP contribution in [0.15, 0.2) is 18.2 Å². The van der Waals surface area contributed by atoms with Crippen molar-refractivity contribution in [2.75, 3.05) is 13.2 Å². The summed E-state index contributed by atoms with van der Waals surface area (Å²) in [7, 11) is 0. The number of aromatic amines is 1. The summed E-state index contributed by atoms with van der Waals surface area (Å²) in [5.41, 5.74) is 7.44. The van der Waals surface area contributed by atoms with Gasteiger partial charge in [-0.1, -0.05) is 13.8 Å². The molecule has 3 N–H and O–H groups in total. The molecular formula is C13H19N3O. The lowest BCUT2D eigenvalue weighted by molar-refractivity contribution is 0.314. The molecule has 0 aliphatic heterocycles. The van der Waals surface area contributed by atoms with Gasteiger partial charge in [0, 0.05) is 12.0 Å². The molecule has 92 valence electrons. The van der Waals surface area contributed by atoms with Crippen LogP contribution in [0.5, 0.6) is 5.75 Å². The minimum atomic E-state index is 0.406. The van der Waals surface area contributed by atoms with E-state index in [0.717, 1.165) is 29.0 Å². The van der Waals surface area contributed by atoms with E-state index in [4.69, 9.17) is 10.5 Å². The second kappa shape index (κ2) is 5.19. The number of benzene rings is 1. The van der Waals surface area contributed by atoms with Gasteiger partial charge in [-0.2, -0.15) is 0 Å². The molecule has 0 radical (unpaired) electrons. The van der Waals surface area contributed by atoms with Crippen molar-refractivity contribution in [3.05, 3.63) is 24.0 Å². The number of hydrogen-bond acceptors (Lipinski definition) is 3. The highest BCUT2D eigenvalue weighted by Crippen LogP contribution is 2.21. The first-order valence-electron chi connectivity index (χ1n) is 6.03. The van der Waals surface area contributed by atoms with Crippen molar-refractivity contribution in [1.29, 1.82) is 0 Å². The second-order valence-electron chi connectivity index (χ2n) is 4.45. The summed E-state index contributed by atoms with van der Waals surface area (Å²) in [5.74, 6) is 2.29. The standard InChI is InChI=1S/C13H19N3O/c1-9(2)13-15-11-5-4-10(8-12(11)16-13)17-7-3-6-14/h4-5,8-9H,3,6-7,14H2,1-2H3,(H,15,16). The SMILES string of the molecule is CC(C)c1nc2ccc(OCCCN)cc2[nH]1. The predicted molar refractivity (Wildman–Crippen MR) is 69.3 cm³/mol. The van der Waals surface area contributed by atoms with Crippen molar-refractivity contribution in [2.45, 2.75) is 26.2 Å². The van der Waals surface area contributed by atoms with Crippen molar-refractivity contribution >= 4 is 11.0 Å². The fourth-order valence-electron chi connectivity index (χ4n) is 1.65. The van der Waals surface area contributed by atoms with E-state index in [0.29, 0.717) is 19.1 Å². The Hall–Kier alpha value is -1.55. The summed E-state index contributed by atoms with van der Waals surface area (Å²) in [5, 5.41) is 0. The zero-order chi connectivity index (χ0) is 12.3. The number of nitrogens with two attached hydrogens (primary N) is 1. The molecule has 4 nitrogen and oxygen atoms in total. The van der Waals surface area contributed by atoms with E-state index in [1.165, 1.54) is 0 Å². The number of imidazole rings is 1.